The van der Waals surface area contributed by atoms with Crippen molar-refractivity contribution in [3.05, 3.63) is 345 Å². The van der Waals surface area contributed by atoms with Crippen molar-refractivity contribution < 1.29 is 56.8 Å². The zero-order valence-corrected chi connectivity index (χ0v) is 70.9. The van der Waals surface area contributed by atoms with Crippen LogP contribution in [0.3, 0.4) is 0 Å². The minimum atomic E-state index is -3.73. The molecule has 0 saturated heterocycles. The summed E-state index contributed by atoms with van der Waals surface area (Å²) in [6, 6.07) is 86.2. The van der Waals surface area contributed by atoms with Crippen molar-refractivity contribution in [3.8, 4) is 125 Å². The molecule has 2 aliphatic rings. The van der Waals surface area contributed by atoms with E-state index in [1.165, 1.54) is 12.1 Å². The van der Waals surface area contributed by atoms with Gasteiger partial charge in [0, 0.05) is 24.0 Å². The summed E-state index contributed by atoms with van der Waals surface area (Å²) in [6.07, 6.45) is 1.37. The molecule has 0 radical (unpaired) electrons. The van der Waals surface area contributed by atoms with Crippen molar-refractivity contribution in [3.63, 3.8) is 0 Å². The van der Waals surface area contributed by atoms with Gasteiger partial charge in [0.15, 0.2) is 0 Å². The molecule has 0 saturated carbocycles. The summed E-state index contributed by atoms with van der Waals surface area (Å²) in [7, 11) is -7.45. The average molecular weight is 1600 g/mol. The quantitative estimate of drug-likeness (QED) is 0.0587. The molecule has 14 aromatic carbocycles. The van der Waals surface area contributed by atoms with Crippen molar-refractivity contribution >= 4 is 36.0 Å². The molecule has 12 nitrogen and oxygen atoms in total. The van der Waals surface area contributed by atoms with Gasteiger partial charge in [0.05, 0.1) is 21.2 Å². The number of rotatable bonds is 23. The van der Waals surface area contributed by atoms with E-state index in [0.29, 0.717) is 51.8 Å². The first-order valence-electron chi connectivity index (χ1n) is 40.0. The molecular weight excluding hydrogens is 1500 g/mol. The van der Waals surface area contributed by atoms with Crippen molar-refractivity contribution in [2.75, 3.05) is 0 Å². The lowest BCUT2D eigenvalue weighted by molar-refractivity contribution is 0.107. The number of para-hydroxylation sites is 2. The monoisotopic (exact) mass is 1600 g/mol. The van der Waals surface area contributed by atoms with Gasteiger partial charge in [0.1, 0.15) is 93.4 Å². The van der Waals surface area contributed by atoms with Gasteiger partial charge in [-0.2, -0.15) is 0 Å². The molecule has 0 spiro atoms. The second-order valence-electron chi connectivity index (χ2n) is 32.7. The predicted molar refractivity (Wildman–Crippen MR) is 476 cm³/mol. The lowest BCUT2D eigenvalue weighted by Crippen LogP contribution is -2.31. The Kier molecular flexibility index (Phi) is 21.4. The van der Waals surface area contributed by atoms with Crippen LogP contribution in [0.1, 0.15) is 106 Å². The number of phenolic OH excluding ortho intramolecular Hbond substituents is 2. The highest BCUT2D eigenvalue weighted by atomic mass is 31.2. The van der Waals surface area contributed by atoms with Gasteiger partial charge in [-0.15, -0.1) is 0 Å². The minimum absolute atomic E-state index is 0.0274. The molecule has 2 atom stereocenters. The van der Waals surface area contributed by atoms with Crippen LogP contribution in [0.5, 0.6) is 69.0 Å². The number of phenols is 2. The van der Waals surface area contributed by atoms with Crippen LogP contribution in [0.15, 0.2) is 267 Å². The molecule has 14 heteroatoms. The third kappa shape index (κ3) is 15.9. The molecule has 0 fully saturated rings. The second-order valence-corrected chi connectivity index (χ2v) is 37.2. The van der Waals surface area contributed by atoms with Crippen LogP contribution in [0.4, 0.5) is 0 Å². The van der Waals surface area contributed by atoms with Gasteiger partial charge >= 0.3 is 14.7 Å². The fourth-order valence-electron chi connectivity index (χ4n) is 16.5. The normalized spacial score (nSPS) is 14.7. The van der Waals surface area contributed by atoms with Crippen LogP contribution in [0.25, 0.3) is 55.6 Å². The van der Waals surface area contributed by atoms with Crippen LogP contribution < -0.4 is 58.7 Å². The lowest BCUT2D eigenvalue weighted by Gasteiger charge is -2.29. The van der Waals surface area contributed by atoms with E-state index in [2.05, 4.69) is 206 Å². The zero-order valence-electron chi connectivity index (χ0n) is 69.1. The SMILES string of the molecule is Cc1cc(Oc2c(C)cc(-c3cc(C)c(Oc4cc(C)c(OC(C)(C)Cc5ccc(-c6ccc(COc7ccc(O)cc7P7(=O)Oc8ccccc8-c8ccccc87)cc6)cc5)c(C)c4)c(C)c3C)c(C)c2C)cc(C)c1OC(C)(C)Cc1ccc(-c2ccc(COc3ccc(O)c(P4(=O)Oc5ccccc5-c5ccccc54)c3)cc2)cc1. The first kappa shape index (κ1) is 79.4. The average Bonchev–Trinajstić information content (AvgIpc) is 0.747. The topological polar surface area (TPSA) is 148 Å². The zero-order chi connectivity index (χ0) is 82.7. The second kappa shape index (κ2) is 31.9. The van der Waals surface area contributed by atoms with Crippen LogP contribution in [0, 0.1) is 69.2 Å². The molecule has 16 rings (SSSR count). The standard InChI is InChI=1S/C104H96O12P2/c1-63-51-83(52-64(2)99(63)113-103(11,12)59-73-31-39-77(40-32-73)79-43-35-75(36-44-79)61-109-82-48-49-91(106)97(58-82)117(107)95-29-21-17-25-87(95)85-23-15-19-27-92(85)115-117)111-101-67(5)55-89(69(7)71(101)9)90-56-68(6)102(72(10)70(90)8)112-84-53-65(3)100(66(4)54-84)114-104(13,14)60-74-33-41-78(42-34-74)80-45-37-76(38-46-80)62-110-94-50-47-81(105)57-98(94)118(108)96-30-22-18-26-88(96)86-24-16-20-28-93(86)116-118/h15-58,105-106H,59-62H2,1-14H3. The Morgan fingerprint density at radius 3 is 1.10 bits per heavy atom. The minimum Gasteiger partial charge on any atom is -0.508 e. The van der Waals surface area contributed by atoms with Crippen molar-refractivity contribution in [2.24, 2.45) is 0 Å². The number of aromatic hydroxyl groups is 2. The summed E-state index contributed by atoms with van der Waals surface area (Å²) in [5, 5.41) is 23.4. The molecular formula is C104H96O12P2. The Labute approximate surface area is 692 Å². The third-order valence-corrected chi connectivity index (χ3v) is 27.7. The first-order valence-corrected chi connectivity index (χ1v) is 43.3. The molecule has 118 heavy (non-hydrogen) atoms. The highest BCUT2D eigenvalue weighted by Gasteiger charge is 2.42. The Balaban J connectivity index is 0.516. The first-order chi connectivity index (χ1) is 56.5. The van der Waals surface area contributed by atoms with Gasteiger partial charge in [-0.25, -0.2) is 0 Å². The van der Waals surface area contributed by atoms with Crippen LogP contribution in [0.2, 0.25) is 0 Å². The van der Waals surface area contributed by atoms with Crippen molar-refractivity contribution in [1.29, 1.82) is 0 Å². The maximum absolute atomic E-state index is 15.1. The van der Waals surface area contributed by atoms with E-state index in [9.17, 15) is 14.8 Å². The van der Waals surface area contributed by atoms with Crippen molar-refractivity contribution in [1.82, 2.24) is 0 Å². The summed E-state index contributed by atoms with van der Waals surface area (Å²) >= 11 is 0. The molecule has 0 aromatic heterocycles. The molecule has 14 aromatic rings. The van der Waals surface area contributed by atoms with Crippen LogP contribution in [-0.4, -0.2) is 21.4 Å². The van der Waals surface area contributed by atoms with E-state index in [4.69, 9.17) is 37.5 Å². The molecule has 2 heterocycles. The molecule has 594 valence electrons. The Bertz CT molecular complexity index is 6290. The number of fused-ring (bicyclic) bond motifs is 6. The summed E-state index contributed by atoms with van der Waals surface area (Å²) in [5.74, 6) is 6.62. The molecule has 2 aliphatic heterocycles. The molecule has 0 amide bonds. The fourth-order valence-corrected chi connectivity index (χ4v) is 21.3. The lowest BCUT2D eigenvalue weighted by atomic mass is 9.88. The summed E-state index contributed by atoms with van der Waals surface area (Å²) < 4.78 is 82.7. The van der Waals surface area contributed by atoms with Crippen LogP contribution >= 0.6 is 14.7 Å². The largest absolute Gasteiger partial charge is 0.508 e. The fraction of sp³-hybridized carbons (Fsp3) is 0.192. The Hall–Kier alpha value is -12.5. The van der Waals surface area contributed by atoms with E-state index < -0.39 is 25.9 Å². The number of benzene rings is 14. The summed E-state index contributed by atoms with van der Waals surface area (Å²) in [4.78, 5) is 0. The predicted octanol–water partition coefficient (Wildman–Crippen LogP) is 25.3. The third-order valence-electron chi connectivity index (χ3n) is 22.7. The number of hydrogen-bond acceptors (Lipinski definition) is 12. The maximum Gasteiger partial charge on any atom is 0.311 e. The molecule has 2 N–H and O–H groups in total. The Morgan fingerprint density at radius 2 is 0.678 bits per heavy atom. The van der Waals surface area contributed by atoms with Gasteiger partial charge in [-0.05, 0) is 316 Å². The van der Waals surface area contributed by atoms with E-state index in [0.717, 1.165) is 168 Å². The van der Waals surface area contributed by atoms with Gasteiger partial charge < -0.3 is 47.7 Å². The van der Waals surface area contributed by atoms with Gasteiger partial charge in [0.2, 0.25) is 0 Å². The highest BCUT2D eigenvalue weighted by molar-refractivity contribution is 7.75. The number of aryl methyl sites for hydroxylation is 6. The van der Waals surface area contributed by atoms with E-state index in [-0.39, 0.29) is 30.0 Å². The highest BCUT2D eigenvalue weighted by Crippen LogP contribution is 2.58. The van der Waals surface area contributed by atoms with Gasteiger partial charge in [-0.1, -0.05) is 170 Å². The summed E-state index contributed by atoms with van der Waals surface area (Å²) in [6.45, 7) is 30.3. The molecule has 0 aliphatic carbocycles. The van der Waals surface area contributed by atoms with Crippen LogP contribution in [-0.2, 0) is 35.2 Å². The van der Waals surface area contributed by atoms with E-state index >= 15 is 4.57 Å². The molecule has 0 bridgehead atoms. The van der Waals surface area contributed by atoms with Crippen molar-refractivity contribution in [2.45, 2.75) is 134 Å². The van der Waals surface area contributed by atoms with E-state index in [1.54, 1.807) is 36.4 Å². The van der Waals surface area contributed by atoms with Gasteiger partial charge in [0.25, 0.3) is 0 Å². The Morgan fingerprint density at radius 1 is 0.314 bits per heavy atom. The smallest absolute Gasteiger partial charge is 0.311 e. The van der Waals surface area contributed by atoms with E-state index in [1.807, 2.05) is 109 Å². The molecule has 2 unspecified atom stereocenters. The number of hydrogen-bond donors (Lipinski definition) is 2. The number of ether oxygens (including phenoxy) is 6. The van der Waals surface area contributed by atoms with Gasteiger partial charge in [-0.3, -0.25) is 9.13 Å². The maximum atomic E-state index is 15.1. The summed E-state index contributed by atoms with van der Waals surface area (Å²) in [5.41, 5.74) is 23.6.